The molecule has 0 saturated carbocycles. The van der Waals surface area contributed by atoms with E-state index in [2.05, 4.69) is 20.7 Å². The Morgan fingerprint density at radius 3 is 2.73 bits per heavy atom. The molecule has 0 N–H and O–H groups in total. The fraction of sp³-hybridized carbons (Fsp3) is 0.300. The highest BCUT2D eigenvalue weighted by molar-refractivity contribution is 9.10. The molecule has 0 aliphatic carbocycles. The van der Waals surface area contributed by atoms with Crippen LogP contribution in [0.5, 0.6) is 0 Å². The molecule has 0 radical (unpaired) electrons. The summed E-state index contributed by atoms with van der Waals surface area (Å²) >= 11 is 3.07. The first-order valence-electron chi connectivity index (χ1n) is 4.31. The number of alkyl halides is 2. The van der Waals surface area contributed by atoms with Gasteiger partial charge in [0.1, 0.15) is 0 Å². The van der Waals surface area contributed by atoms with Crippen LogP contribution in [-0.2, 0) is 4.74 Å². The van der Waals surface area contributed by atoms with Crippen molar-refractivity contribution in [1.29, 1.82) is 0 Å². The van der Waals surface area contributed by atoms with Gasteiger partial charge in [-0.05, 0) is 25.1 Å². The van der Waals surface area contributed by atoms with Crippen molar-refractivity contribution < 1.29 is 18.3 Å². The van der Waals surface area contributed by atoms with E-state index in [9.17, 15) is 13.6 Å². The number of hydrogen-bond donors (Lipinski definition) is 0. The van der Waals surface area contributed by atoms with Gasteiger partial charge in [0.25, 0.3) is 6.43 Å². The Morgan fingerprint density at radius 2 is 2.20 bits per heavy atom. The van der Waals surface area contributed by atoms with E-state index < -0.39 is 12.4 Å². The molecule has 15 heavy (non-hydrogen) atoms. The predicted octanol–water partition coefficient (Wildman–Crippen LogP) is 3.56. The molecule has 1 rings (SSSR count). The third-order valence-corrected chi connectivity index (χ3v) is 2.24. The van der Waals surface area contributed by atoms with Crippen LogP contribution in [0.15, 0.2) is 22.7 Å². The zero-order valence-electron chi connectivity index (χ0n) is 7.97. The minimum absolute atomic E-state index is 0.0879. The highest BCUT2D eigenvalue weighted by Gasteiger charge is 2.19. The van der Waals surface area contributed by atoms with Gasteiger partial charge in [-0.1, -0.05) is 15.9 Å². The number of esters is 1. The van der Waals surface area contributed by atoms with Crippen LogP contribution in [-0.4, -0.2) is 12.6 Å². The smallest absolute Gasteiger partial charge is 0.338 e. The molecule has 0 unspecified atom stereocenters. The van der Waals surface area contributed by atoms with E-state index in [4.69, 9.17) is 0 Å². The predicted molar refractivity (Wildman–Crippen MR) is 55.1 cm³/mol. The van der Waals surface area contributed by atoms with Crippen molar-refractivity contribution in [3.05, 3.63) is 33.8 Å². The maximum Gasteiger partial charge on any atom is 0.338 e. The number of hydrogen-bond acceptors (Lipinski definition) is 2. The lowest BCUT2D eigenvalue weighted by molar-refractivity contribution is 0.0515. The lowest BCUT2D eigenvalue weighted by Crippen LogP contribution is -2.08. The third-order valence-electron chi connectivity index (χ3n) is 1.74. The first-order valence-corrected chi connectivity index (χ1v) is 5.10. The Labute approximate surface area is 94.4 Å². The Bertz CT molecular complexity index is 366. The van der Waals surface area contributed by atoms with Gasteiger partial charge in [0.15, 0.2) is 0 Å². The van der Waals surface area contributed by atoms with Crippen LogP contribution < -0.4 is 0 Å². The standard InChI is InChI=1S/C10H9BrF2O2/c1-2-15-10(14)7-4-3-6(11)5-8(7)9(12)13/h3-5,9H,2H2,1H3. The molecule has 0 spiro atoms. The molecule has 5 heteroatoms. The summed E-state index contributed by atoms with van der Waals surface area (Å²) in [4.78, 5) is 11.3. The quantitative estimate of drug-likeness (QED) is 0.791. The molecule has 0 amide bonds. The molecule has 0 fully saturated rings. The molecule has 0 aliphatic rings. The number of rotatable bonds is 3. The van der Waals surface area contributed by atoms with Crippen molar-refractivity contribution in [2.45, 2.75) is 13.3 Å². The molecule has 0 saturated heterocycles. The Hall–Kier alpha value is -0.970. The van der Waals surface area contributed by atoms with Gasteiger partial charge < -0.3 is 4.74 Å². The normalized spacial score (nSPS) is 10.5. The van der Waals surface area contributed by atoms with Crippen LogP contribution >= 0.6 is 15.9 Å². The van der Waals surface area contributed by atoms with E-state index in [1.807, 2.05) is 0 Å². The topological polar surface area (TPSA) is 26.3 Å². The van der Waals surface area contributed by atoms with E-state index in [0.717, 1.165) is 0 Å². The number of ether oxygens (including phenoxy) is 1. The van der Waals surface area contributed by atoms with Crippen LogP contribution in [0.3, 0.4) is 0 Å². The number of benzene rings is 1. The Kier molecular flexibility index (Phi) is 4.20. The largest absolute Gasteiger partial charge is 0.462 e. The van der Waals surface area contributed by atoms with Gasteiger partial charge in [0, 0.05) is 10.0 Å². The van der Waals surface area contributed by atoms with Gasteiger partial charge in [-0.25, -0.2) is 13.6 Å². The molecule has 1 aromatic rings. The van der Waals surface area contributed by atoms with E-state index in [0.29, 0.717) is 4.47 Å². The monoisotopic (exact) mass is 278 g/mol. The molecule has 1 aromatic carbocycles. The summed E-state index contributed by atoms with van der Waals surface area (Å²) in [6, 6.07) is 4.07. The summed E-state index contributed by atoms with van der Waals surface area (Å²) in [7, 11) is 0. The van der Waals surface area contributed by atoms with E-state index in [-0.39, 0.29) is 17.7 Å². The summed E-state index contributed by atoms with van der Waals surface area (Å²) in [5.41, 5.74) is -0.405. The fourth-order valence-corrected chi connectivity index (χ4v) is 1.49. The highest BCUT2D eigenvalue weighted by Crippen LogP contribution is 2.26. The van der Waals surface area contributed by atoms with Crippen molar-refractivity contribution in [2.24, 2.45) is 0 Å². The van der Waals surface area contributed by atoms with Gasteiger partial charge in [-0.15, -0.1) is 0 Å². The summed E-state index contributed by atoms with van der Waals surface area (Å²) in [6.07, 6.45) is -2.69. The van der Waals surface area contributed by atoms with Gasteiger partial charge in [-0.2, -0.15) is 0 Å². The summed E-state index contributed by atoms with van der Waals surface area (Å²) < 4.78 is 30.3. The summed E-state index contributed by atoms with van der Waals surface area (Å²) in [5.74, 6) is -0.722. The molecule has 0 bridgehead atoms. The number of carbonyl (C=O) groups is 1. The highest BCUT2D eigenvalue weighted by atomic mass is 79.9. The molecular weight excluding hydrogens is 270 g/mol. The molecule has 0 aromatic heterocycles. The summed E-state index contributed by atoms with van der Waals surface area (Å²) in [5, 5.41) is 0. The van der Waals surface area contributed by atoms with Crippen molar-refractivity contribution in [3.8, 4) is 0 Å². The second-order valence-corrected chi connectivity index (χ2v) is 3.67. The zero-order valence-corrected chi connectivity index (χ0v) is 9.55. The average molecular weight is 279 g/mol. The molecule has 82 valence electrons. The lowest BCUT2D eigenvalue weighted by Gasteiger charge is -2.08. The van der Waals surface area contributed by atoms with Gasteiger partial charge in [0.2, 0.25) is 0 Å². The first-order chi connectivity index (χ1) is 7.06. The number of halogens is 3. The van der Waals surface area contributed by atoms with E-state index >= 15 is 0 Å². The van der Waals surface area contributed by atoms with Crippen molar-refractivity contribution in [3.63, 3.8) is 0 Å². The molecular formula is C10H9BrF2O2. The van der Waals surface area contributed by atoms with Crippen molar-refractivity contribution in [1.82, 2.24) is 0 Å². The van der Waals surface area contributed by atoms with Gasteiger partial charge in [0.05, 0.1) is 12.2 Å². The summed E-state index contributed by atoms with van der Waals surface area (Å²) in [6.45, 7) is 1.79. The average Bonchev–Trinajstić information content (AvgIpc) is 2.17. The van der Waals surface area contributed by atoms with Crippen LogP contribution in [0.1, 0.15) is 29.3 Å². The zero-order chi connectivity index (χ0) is 11.4. The van der Waals surface area contributed by atoms with Crippen LogP contribution in [0, 0.1) is 0 Å². The Morgan fingerprint density at radius 1 is 1.53 bits per heavy atom. The van der Waals surface area contributed by atoms with Crippen molar-refractivity contribution >= 4 is 21.9 Å². The van der Waals surface area contributed by atoms with Crippen LogP contribution in [0.2, 0.25) is 0 Å². The first kappa shape index (κ1) is 12.1. The minimum atomic E-state index is -2.69. The number of carbonyl (C=O) groups excluding carboxylic acids is 1. The second kappa shape index (κ2) is 5.21. The van der Waals surface area contributed by atoms with E-state index in [1.165, 1.54) is 18.2 Å². The van der Waals surface area contributed by atoms with Gasteiger partial charge >= 0.3 is 5.97 Å². The molecule has 0 aliphatic heterocycles. The van der Waals surface area contributed by atoms with Gasteiger partial charge in [-0.3, -0.25) is 0 Å². The third kappa shape index (κ3) is 2.99. The lowest BCUT2D eigenvalue weighted by atomic mass is 10.1. The SMILES string of the molecule is CCOC(=O)c1ccc(Br)cc1C(F)F. The maximum atomic E-state index is 12.6. The maximum absolute atomic E-state index is 12.6. The minimum Gasteiger partial charge on any atom is -0.462 e. The molecule has 2 nitrogen and oxygen atoms in total. The van der Waals surface area contributed by atoms with E-state index in [1.54, 1.807) is 6.92 Å². The van der Waals surface area contributed by atoms with Crippen LogP contribution in [0.4, 0.5) is 8.78 Å². The molecule has 0 heterocycles. The fourth-order valence-electron chi connectivity index (χ4n) is 1.11. The van der Waals surface area contributed by atoms with Crippen LogP contribution in [0.25, 0.3) is 0 Å². The second-order valence-electron chi connectivity index (χ2n) is 2.75. The Balaban J connectivity index is 3.11. The molecule has 0 atom stereocenters. The van der Waals surface area contributed by atoms with Crippen molar-refractivity contribution in [2.75, 3.05) is 6.61 Å².